The first-order chi connectivity index (χ1) is 8.08. The van der Waals surface area contributed by atoms with E-state index in [2.05, 4.69) is 9.97 Å². The largest absolute Gasteiger partial charge is 0.435 e. The maximum atomic E-state index is 13.3. The Morgan fingerprint density at radius 1 is 1.41 bits per heavy atom. The average molecular weight is 347 g/mol. The number of benzene rings is 1. The number of aromatic nitrogens is 2. The normalized spacial score (nSPS) is 10.2. The zero-order valence-electron chi connectivity index (χ0n) is 8.41. The molecule has 2 rings (SSSR count). The molecule has 17 heavy (non-hydrogen) atoms. The van der Waals surface area contributed by atoms with Crippen molar-refractivity contribution in [3.05, 3.63) is 44.0 Å². The third-order valence-electron chi connectivity index (χ3n) is 1.89. The van der Waals surface area contributed by atoms with Crippen LogP contribution >= 0.6 is 22.6 Å². The molecule has 2 aromatic rings. The van der Waals surface area contributed by atoms with Crippen LogP contribution in [0.1, 0.15) is 0 Å². The zero-order valence-corrected chi connectivity index (χ0v) is 10.6. The first-order valence-electron chi connectivity index (χ1n) is 4.55. The van der Waals surface area contributed by atoms with Crippen molar-refractivity contribution < 1.29 is 9.13 Å². The molecule has 0 amide bonds. The minimum atomic E-state index is -0.538. The minimum Gasteiger partial charge on any atom is -0.435 e. The van der Waals surface area contributed by atoms with Crippen molar-refractivity contribution in [3.63, 3.8) is 0 Å². The molecule has 0 fully saturated rings. The SMILES string of the molecule is Nc1nc(Oc2ccccc2F)c(I)c(=O)[nH]1. The number of para-hydroxylation sites is 1. The lowest BCUT2D eigenvalue weighted by Crippen LogP contribution is -2.15. The van der Waals surface area contributed by atoms with Gasteiger partial charge in [-0.2, -0.15) is 4.98 Å². The van der Waals surface area contributed by atoms with E-state index in [1.165, 1.54) is 18.2 Å². The molecule has 0 saturated heterocycles. The van der Waals surface area contributed by atoms with Gasteiger partial charge in [0.15, 0.2) is 11.6 Å². The van der Waals surface area contributed by atoms with Gasteiger partial charge in [0, 0.05) is 0 Å². The van der Waals surface area contributed by atoms with Gasteiger partial charge in [-0.15, -0.1) is 0 Å². The summed E-state index contributed by atoms with van der Waals surface area (Å²) in [5, 5.41) is 0. The van der Waals surface area contributed by atoms with Gasteiger partial charge in [0.2, 0.25) is 11.8 Å². The second-order valence-electron chi connectivity index (χ2n) is 3.10. The lowest BCUT2D eigenvalue weighted by Gasteiger charge is -2.07. The predicted octanol–water partition coefficient (Wildman–Crippen LogP) is 1.89. The fourth-order valence-corrected chi connectivity index (χ4v) is 1.52. The van der Waals surface area contributed by atoms with Crippen molar-refractivity contribution in [2.75, 3.05) is 5.73 Å². The van der Waals surface area contributed by atoms with Gasteiger partial charge < -0.3 is 10.5 Å². The second kappa shape index (κ2) is 4.70. The third kappa shape index (κ3) is 2.54. The minimum absolute atomic E-state index is 0.0112. The van der Waals surface area contributed by atoms with E-state index in [-0.39, 0.29) is 21.1 Å². The molecule has 1 aromatic carbocycles. The summed E-state index contributed by atoms with van der Waals surface area (Å²) in [6.07, 6.45) is 0. The molecule has 0 unspecified atom stereocenters. The Morgan fingerprint density at radius 3 is 2.82 bits per heavy atom. The predicted molar refractivity (Wildman–Crippen MR) is 68.5 cm³/mol. The molecule has 0 radical (unpaired) electrons. The first-order valence-corrected chi connectivity index (χ1v) is 5.63. The van der Waals surface area contributed by atoms with Crippen LogP contribution in [0.4, 0.5) is 10.3 Å². The van der Waals surface area contributed by atoms with E-state index in [1.807, 2.05) is 0 Å². The molecular weight excluding hydrogens is 340 g/mol. The van der Waals surface area contributed by atoms with Crippen LogP contribution in [0.3, 0.4) is 0 Å². The molecule has 88 valence electrons. The van der Waals surface area contributed by atoms with Gasteiger partial charge in [0.25, 0.3) is 5.56 Å². The average Bonchev–Trinajstić information content (AvgIpc) is 2.28. The quantitative estimate of drug-likeness (QED) is 0.813. The van der Waals surface area contributed by atoms with E-state index >= 15 is 0 Å². The van der Waals surface area contributed by atoms with E-state index < -0.39 is 11.4 Å². The van der Waals surface area contributed by atoms with Gasteiger partial charge in [-0.3, -0.25) is 9.78 Å². The molecule has 0 bridgehead atoms. The number of anilines is 1. The fraction of sp³-hybridized carbons (Fsp3) is 0. The van der Waals surface area contributed by atoms with E-state index in [0.717, 1.165) is 0 Å². The van der Waals surface area contributed by atoms with Crippen molar-refractivity contribution in [3.8, 4) is 11.6 Å². The van der Waals surface area contributed by atoms with Crippen molar-refractivity contribution in [1.29, 1.82) is 0 Å². The molecule has 1 heterocycles. The van der Waals surface area contributed by atoms with Crippen molar-refractivity contribution >= 4 is 28.5 Å². The summed E-state index contributed by atoms with van der Waals surface area (Å²) in [6, 6.07) is 5.83. The van der Waals surface area contributed by atoms with Crippen LogP contribution < -0.4 is 16.0 Å². The molecule has 0 aliphatic heterocycles. The highest BCUT2D eigenvalue weighted by molar-refractivity contribution is 14.1. The Morgan fingerprint density at radius 2 is 2.12 bits per heavy atom. The highest BCUT2D eigenvalue weighted by Crippen LogP contribution is 2.24. The number of nitrogens with zero attached hydrogens (tertiary/aromatic N) is 1. The standard InChI is InChI=1S/C10H7FIN3O2/c11-5-3-1-2-4-6(5)17-9-7(12)8(16)14-10(13)15-9/h1-4H,(H3,13,14,15,16). The van der Waals surface area contributed by atoms with E-state index in [1.54, 1.807) is 28.7 Å². The molecule has 0 aliphatic carbocycles. The molecule has 3 N–H and O–H groups in total. The number of hydrogen-bond acceptors (Lipinski definition) is 4. The fourth-order valence-electron chi connectivity index (χ4n) is 1.15. The number of H-pyrrole nitrogens is 1. The van der Waals surface area contributed by atoms with Gasteiger partial charge in [-0.05, 0) is 34.7 Å². The number of aromatic amines is 1. The van der Waals surface area contributed by atoms with Crippen LogP contribution in [-0.4, -0.2) is 9.97 Å². The Balaban J connectivity index is 2.44. The van der Waals surface area contributed by atoms with E-state index in [4.69, 9.17) is 10.5 Å². The molecule has 5 nitrogen and oxygen atoms in total. The summed E-state index contributed by atoms with van der Waals surface area (Å²) in [7, 11) is 0. The lowest BCUT2D eigenvalue weighted by molar-refractivity contribution is 0.423. The number of hydrogen-bond donors (Lipinski definition) is 2. The molecule has 0 spiro atoms. The topological polar surface area (TPSA) is 81.0 Å². The summed E-state index contributed by atoms with van der Waals surface area (Å²) in [5.74, 6) is -0.648. The van der Waals surface area contributed by atoms with Crippen LogP contribution in [0, 0.1) is 9.39 Å². The molecular formula is C10H7FIN3O2. The van der Waals surface area contributed by atoms with E-state index in [0.29, 0.717) is 0 Å². The summed E-state index contributed by atoms with van der Waals surface area (Å²) >= 11 is 1.75. The number of halogens is 2. The van der Waals surface area contributed by atoms with Gasteiger partial charge in [-0.1, -0.05) is 12.1 Å². The van der Waals surface area contributed by atoms with Gasteiger partial charge in [-0.25, -0.2) is 4.39 Å². The number of rotatable bonds is 2. The number of nitrogens with two attached hydrogens (primary N) is 1. The Bertz CT molecular complexity index is 615. The van der Waals surface area contributed by atoms with Gasteiger partial charge in [0.1, 0.15) is 3.57 Å². The second-order valence-corrected chi connectivity index (χ2v) is 4.18. The number of nitrogen functional groups attached to an aromatic ring is 1. The zero-order chi connectivity index (χ0) is 12.4. The van der Waals surface area contributed by atoms with Crippen LogP contribution in [0.5, 0.6) is 11.6 Å². The van der Waals surface area contributed by atoms with Crippen LogP contribution in [0.15, 0.2) is 29.1 Å². The Kier molecular flexibility index (Phi) is 3.27. The van der Waals surface area contributed by atoms with Crippen LogP contribution in [-0.2, 0) is 0 Å². The summed E-state index contributed by atoms with van der Waals surface area (Å²) in [6.45, 7) is 0. The monoisotopic (exact) mass is 347 g/mol. The number of ether oxygens (including phenoxy) is 1. The molecule has 0 saturated carbocycles. The smallest absolute Gasteiger partial charge is 0.269 e. The highest BCUT2D eigenvalue weighted by Gasteiger charge is 2.11. The summed E-state index contributed by atoms with van der Waals surface area (Å²) in [4.78, 5) is 17.5. The van der Waals surface area contributed by atoms with Gasteiger partial charge >= 0.3 is 0 Å². The van der Waals surface area contributed by atoms with Crippen molar-refractivity contribution in [2.24, 2.45) is 0 Å². The maximum Gasteiger partial charge on any atom is 0.269 e. The van der Waals surface area contributed by atoms with Crippen LogP contribution in [0.25, 0.3) is 0 Å². The Hall–Kier alpha value is -1.64. The maximum absolute atomic E-state index is 13.3. The molecule has 7 heteroatoms. The summed E-state index contributed by atoms with van der Waals surface area (Å²) in [5.41, 5.74) is 4.95. The van der Waals surface area contributed by atoms with Gasteiger partial charge in [0.05, 0.1) is 0 Å². The molecule has 0 atom stereocenters. The third-order valence-corrected chi connectivity index (χ3v) is 2.85. The lowest BCUT2D eigenvalue weighted by atomic mass is 10.3. The molecule has 0 aliphatic rings. The van der Waals surface area contributed by atoms with Crippen LogP contribution in [0.2, 0.25) is 0 Å². The first kappa shape index (κ1) is 11.8. The number of nitrogens with one attached hydrogen (secondary N) is 1. The Labute approximate surface area is 109 Å². The van der Waals surface area contributed by atoms with Crippen molar-refractivity contribution in [1.82, 2.24) is 9.97 Å². The molecule has 1 aromatic heterocycles. The summed E-state index contributed by atoms with van der Waals surface area (Å²) < 4.78 is 18.8. The highest BCUT2D eigenvalue weighted by atomic mass is 127. The van der Waals surface area contributed by atoms with Crippen molar-refractivity contribution in [2.45, 2.75) is 0 Å². The van der Waals surface area contributed by atoms with E-state index in [9.17, 15) is 9.18 Å².